The van der Waals surface area contributed by atoms with Crippen molar-refractivity contribution in [3.63, 3.8) is 0 Å². The van der Waals surface area contributed by atoms with E-state index in [1.165, 1.54) is 50.3 Å². The fraction of sp³-hybridized carbons (Fsp3) is 0.217. The minimum absolute atomic E-state index is 0.0235. The number of carbonyl (C=O) groups is 1. The number of amides is 1. The van der Waals surface area contributed by atoms with Gasteiger partial charge in [0, 0.05) is 39.7 Å². The van der Waals surface area contributed by atoms with E-state index in [9.17, 15) is 28.0 Å². The van der Waals surface area contributed by atoms with Crippen molar-refractivity contribution in [3.05, 3.63) is 58.3 Å². The zero-order chi connectivity index (χ0) is 27.6. The van der Waals surface area contributed by atoms with Crippen molar-refractivity contribution in [2.24, 2.45) is 14.1 Å². The average Bonchev–Trinajstić information content (AvgIpc) is 3.16. The number of rotatable bonds is 7. The highest BCUT2D eigenvalue weighted by atomic mass is 19.4. The quantitative estimate of drug-likeness (QED) is 0.369. The van der Waals surface area contributed by atoms with Crippen LogP contribution < -0.4 is 20.9 Å². The highest BCUT2D eigenvalue weighted by Gasteiger charge is 2.32. The van der Waals surface area contributed by atoms with Gasteiger partial charge in [0.25, 0.3) is 11.5 Å². The van der Waals surface area contributed by atoms with Gasteiger partial charge in [0.1, 0.15) is 41.0 Å². The van der Waals surface area contributed by atoms with E-state index in [-0.39, 0.29) is 52.3 Å². The van der Waals surface area contributed by atoms with Gasteiger partial charge in [-0.25, -0.2) is 9.97 Å². The van der Waals surface area contributed by atoms with Crippen molar-refractivity contribution in [1.29, 1.82) is 5.26 Å². The number of fused-ring (bicyclic) bond motifs is 1. The topological polar surface area (TPSA) is 149 Å². The molecule has 0 saturated carbocycles. The summed E-state index contributed by atoms with van der Waals surface area (Å²) >= 11 is 0. The van der Waals surface area contributed by atoms with Crippen LogP contribution in [0.15, 0.2) is 41.6 Å². The number of aromatic nitrogens is 5. The highest BCUT2D eigenvalue weighted by Crippen LogP contribution is 2.33. The second kappa shape index (κ2) is 10.2. The van der Waals surface area contributed by atoms with Crippen molar-refractivity contribution >= 4 is 34.5 Å². The van der Waals surface area contributed by atoms with Crippen LogP contribution in [0.2, 0.25) is 0 Å². The number of aryl methyl sites for hydroxylation is 2. The van der Waals surface area contributed by atoms with Crippen molar-refractivity contribution in [2.45, 2.75) is 6.18 Å². The number of halogens is 3. The Labute approximate surface area is 212 Å². The summed E-state index contributed by atoms with van der Waals surface area (Å²) < 4.78 is 52.5. The predicted octanol–water partition coefficient (Wildman–Crippen LogP) is 3.07. The van der Waals surface area contributed by atoms with Gasteiger partial charge >= 0.3 is 6.18 Å². The van der Waals surface area contributed by atoms with Crippen LogP contribution in [-0.4, -0.2) is 43.7 Å². The SMILES string of the molecule is COCC(=O)Nc1cc(Oc2cnc3nc(Nc4cc(C(F)(F)F)cn(C)c4=O)n(C)c3c2C#N)ccn1. The number of methoxy groups -OCH3 is 1. The lowest BCUT2D eigenvalue weighted by Crippen LogP contribution is -2.23. The van der Waals surface area contributed by atoms with E-state index in [4.69, 9.17) is 9.47 Å². The van der Waals surface area contributed by atoms with Gasteiger partial charge in [-0.2, -0.15) is 23.4 Å². The minimum atomic E-state index is -4.67. The van der Waals surface area contributed by atoms with Gasteiger partial charge in [-0.1, -0.05) is 0 Å². The van der Waals surface area contributed by atoms with Crippen LogP contribution in [0.4, 0.5) is 30.6 Å². The molecular weight excluding hydrogens is 509 g/mol. The maximum Gasteiger partial charge on any atom is 0.417 e. The summed E-state index contributed by atoms with van der Waals surface area (Å²) in [5.41, 5.74) is -1.78. The molecule has 4 aromatic heterocycles. The third-order valence-corrected chi connectivity index (χ3v) is 5.24. The second-order valence-electron chi connectivity index (χ2n) is 7.92. The summed E-state index contributed by atoms with van der Waals surface area (Å²) in [4.78, 5) is 36.6. The normalized spacial score (nSPS) is 11.3. The fourth-order valence-corrected chi connectivity index (χ4v) is 3.51. The molecule has 12 nitrogen and oxygen atoms in total. The number of nitriles is 1. The van der Waals surface area contributed by atoms with E-state index >= 15 is 0 Å². The number of hydrogen-bond acceptors (Lipinski definition) is 9. The van der Waals surface area contributed by atoms with Crippen LogP contribution in [0.3, 0.4) is 0 Å². The molecule has 4 aromatic rings. The molecular formula is C23H19F3N8O4. The summed E-state index contributed by atoms with van der Waals surface area (Å²) in [6.07, 6.45) is -1.34. The van der Waals surface area contributed by atoms with Crippen LogP contribution in [0.1, 0.15) is 11.1 Å². The molecule has 0 unspecified atom stereocenters. The van der Waals surface area contributed by atoms with E-state index in [2.05, 4.69) is 25.6 Å². The van der Waals surface area contributed by atoms with Crippen LogP contribution >= 0.6 is 0 Å². The number of ether oxygens (including phenoxy) is 2. The van der Waals surface area contributed by atoms with E-state index in [0.717, 1.165) is 4.57 Å². The number of alkyl halides is 3. The number of pyridine rings is 3. The molecule has 0 aliphatic carbocycles. The molecule has 38 heavy (non-hydrogen) atoms. The summed E-state index contributed by atoms with van der Waals surface area (Å²) in [5, 5.41) is 15.0. The molecule has 4 heterocycles. The molecule has 0 atom stereocenters. The summed E-state index contributed by atoms with van der Waals surface area (Å²) in [5.74, 6) is 0.0168. The van der Waals surface area contributed by atoms with Gasteiger partial charge in [-0.15, -0.1) is 0 Å². The Morgan fingerprint density at radius 1 is 1.24 bits per heavy atom. The largest absolute Gasteiger partial charge is 0.454 e. The van der Waals surface area contributed by atoms with E-state index in [0.29, 0.717) is 12.3 Å². The lowest BCUT2D eigenvalue weighted by Gasteiger charge is -2.12. The molecule has 4 rings (SSSR count). The molecule has 0 saturated heterocycles. The highest BCUT2D eigenvalue weighted by molar-refractivity contribution is 5.91. The van der Waals surface area contributed by atoms with Crippen LogP contribution in [0, 0.1) is 11.3 Å². The molecule has 196 valence electrons. The Morgan fingerprint density at radius 2 is 2.00 bits per heavy atom. The first-order valence-electron chi connectivity index (χ1n) is 10.7. The maximum absolute atomic E-state index is 13.3. The molecule has 15 heteroatoms. The summed E-state index contributed by atoms with van der Waals surface area (Å²) in [6.45, 7) is -0.171. The van der Waals surface area contributed by atoms with Gasteiger partial charge in [-0.05, 0) is 12.1 Å². The summed E-state index contributed by atoms with van der Waals surface area (Å²) in [7, 11) is 4.07. The minimum Gasteiger partial charge on any atom is -0.454 e. The van der Waals surface area contributed by atoms with Gasteiger partial charge in [0.15, 0.2) is 11.4 Å². The van der Waals surface area contributed by atoms with E-state index in [1.807, 2.05) is 6.07 Å². The number of carbonyl (C=O) groups excluding carboxylic acids is 1. The zero-order valence-corrected chi connectivity index (χ0v) is 20.1. The van der Waals surface area contributed by atoms with Crippen molar-refractivity contribution in [1.82, 2.24) is 24.1 Å². The molecule has 0 aromatic carbocycles. The molecule has 0 fully saturated rings. The number of nitrogens with one attached hydrogen (secondary N) is 2. The van der Waals surface area contributed by atoms with Crippen LogP contribution in [0.5, 0.6) is 11.5 Å². The van der Waals surface area contributed by atoms with Gasteiger partial charge in [0.2, 0.25) is 5.95 Å². The standard InChI is InChI=1S/C23H19F3N8O4/c1-33-10-12(23(24,25)26)6-15(21(33)36)30-22-32-20-19(34(22)2)14(8-27)16(9-29-20)38-13-4-5-28-17(7-13)31-18(35)11-37-3/h4-7,9-10H,11H2,1-3H3,(H,28,31,35)(H,29,30,32). The Balaban J connectivity index is 1.70. The number of hydrogen-bond donors (Lipinski definition) is 2. The smallest absolute Gasteiger partial charge is 0.417 e. The van der Waals surface area contributed by atoms with Crippen molar-refractivity contribution < 1.29 is 27.4 Å². The Hall–Kier alpha value is -4.97. The lowest BCUT2D eigenvalue weighted by molar-refractivity contribution is -0.138. The first-order chi connectivity index (χ1) is 18.0. The molecule has 0 spiro atoms. The predicted molar refractivity (Wildman–Crippen MR) is 128 cm³/mol. The van der Waals surface area contributed by atoms with Gasteiger partial charge < -0.3 is 29.2 Å². The van der Waals surface area contributed by atoms with Crippen molar-refractivity contribution in [3.8, 4) is 17.6 Å². The Morgan fingerprint density at radius 3 is 2.68 bits per heavy atom. The third-order valence-electron chi connectivity index (χ3n) is 5.24. The van der Waals surface area contributed by atoms with Gasteiger partial charge in [-0.3, -0.25) is 9.59 Å². The third kappa shape index (κ3) is 5.25. The van der Waals surface area contributed by atoms with Crippen molar-refractivity contribution in [2.75, 3.05) is 24.4 Å². The maximum atomic E-state index is 13.3. The van der Waals surface area contributed by atoms with E-state index < -0.39 is 23.2 Å². The second-order valence-corrected chi connectivity index (χ2v) is 7.92. The number of anilines is 3. The molecule has 0 bridgehead atoms. The average molecular weight is 528 g/mol. The molecule has 0 aliphatic heterocycles. The number of imidazole rings is 1. The Bertz CT molecular complexity index is 1640. The van der Waals surface area contributed by atoms with E-state index in [1.54, 1.807) is 0 Å². The first kappa shape index (κ1) is 26.1. The molecule has 0 aliphatic rings. The Kier molecular flexibility index (Phi) is 7.00. The summed E-state index contributed by atoms with van der Waals surface area (Å²) in [6, 6.07) is 5.63. The van der Waals surface area contributed by atoms with Crippen LogP contribution in [-0.2, 0) is 29.8 Å². The molecule has 1 amide bonds. The van der Waals surface area contributed by atoms with Crippen LogP contribution in [0.25, 0.3) is 11.2 Å². The van der Waals surface area contributed by atoms with Gasteiger partial charge in [0.05, 0.1) is 11.8 Å². The fourth-order valence-electron chi connectivity index (χ4n) is 3.51. The molecule has 0 radical (unpaired) electrons. The zero-order valence-electron chi connectivity index (χ0n) is 20.1. The number of nitrogens with zero attached hydrogens (tertiary/aromatic N) is 6. The molecule has 2 N–H and O–H groups in total. The first-order valence-corrected chi connectivity index (χ1v) is 10.7. The monoisotopic (exact) mass is 528 g/mol. The lowest BCUT2D eigenvalue weighted by atomic mass is 10.2.